The zero-order valence-corrected chi connectivity index (χ0v) is 12.2. The highest BCUT2D eigenvalue weighted by Crippen LogP contribution is 2.31. The minimum Gasteiger partial charge on any atom is -0.495 e. The van der Waals surface area contributed by atoms with Crippen LogP contribution in [-0.4, -0.2) is 24.2 Å². The van der Waals surface area contributed by atoms with Gasteiger partial charge in [-0.2, -0.15) is 0 Å². The van der Waals surface area contributed by atoms with Crippen molar-refractivity contribution in [1.29, 1.82) is 0 Å². The van der Waals surface area contributed by atoms with Crippen molar-refractivity contribution < 1.29 is 14.6 Å². The van der Waals surface area contributed by atoms with Crippen LogP contribution in [0.4, 0.5) is 5.69 Å². The second kappa shape index (κ2) is 5.69. The fourth-order valence-electron chi connectivity index (χ4n) is 2.82. The van der Waals surface area contributed by atoms with Gasteiger partial charge in [0.25, 0.3) is 5.91 Å². The van der Waals surface area contributed by atoms with Gasteiger partial charge in [-0.3, -0.25) is 4.79 Å². The summed E-state index contributed by atoms with van der Waals surface area (Å²) in [6, 6.07) is 12.2. The van der Waals surface area contributed by atoms with E-state index in [0.717, 1.165) is 11.1 Å². The molecule has 0 spiro atoms. The van der Waals surface area contributed by atoms with Gasteiger partial charge in [-0.15, -0.1) is 0 Å². The molecule has 0 radical (unpaired) electrons. The quantitative estimate of drug-likeness (QED) is 0.753. The number of benzene rings is 2. The molecular weight excluding hydrogens is 280 g/mol. The Morgan fingerprint density at radius 1 is 1.32 bits per heavy atom. The van der Waals surface area contributed by atoms with Gasteiger partial charge >= 0.3 is 0 Å². The van der Waals surface area contributed by atoms with Gasteiger partial charge in [-0.25, -0.2) is 0 Å². The second-order valence-corrected chi connectivity index (χ2v) is 5.38. The topological polar surface area (TPSA) is 84.6 Å². The lowest BCUT2D eigenvalue weighted by atomic mass is 10.1. The summed E-state index contributed by atoms with van der Waals surface area (Å²) in [5.74, 6) is 0.194. The molecule has 114 valence electrons. The number of aliphatic hydroxyl groups excluding tert-OH is 1. The summed E-state index contributed by atoms with van der Waals surface area (Å²) in [4.78, 5) is 12.4. The van der Waals surface area contributed by atoms with Crippen molar-refractivity contribution in [3.63, 3.8) is 0 Å². The van der Waals surface area contributed by atoms with Crippen LogP contribution >= 0.6 is 0 Å². The monoisotopic (exact) mass is 298 g/mol. The summed E-state index contributed by atoms with van der Waals surface area (Å²) in [6.07, 6.45) is -0.0661. The Bertz CT molecular complexity index is 715. The Balaban J connectivity index is 1.83. The first-order valence-electron chi connectivity index (χ1n) is 7.10. The number of nitrogens with two attached hydrogens (primary N) is 1. The maximum atomic E-state index is 12.4. The Kier molecular flexibility index (Phi) is 3.73. The summed E-state index contributed by atoms with van der Waals surface area (Å²) in [7, 11) is 1.50. The van der Waals surface area contributed by atoms with Crippen LogP contribution in [0.25, 0.3) is 0 Å². The van der Waals surface area contributed by atoms with Crippen molar-refractivity contribution >= 4 is 11.6 Å². The lowest BCUT2D eigenvalue weighted by Gasteiger charge is -2.18. The maximum absolute atomic E-state index is 12.4. The molecule has 1 aliphatic rings. The highest BCUT2D eigenvalue weighted by Gasteiger charge is 2.32. The van der Waals surface area contributed by atoms with E-state index in [0.29, 0.717) is 23.4 Å². The molecule has 1 amide bonds. The summed E-state index contributed by atoms with van der Waals surface area (Å²) < 4.78 is 5.13. The number of amides is 1. The number of nitrogen functional groups attached to an aromatic ring is 1. The molecule has 0 heterocycles. The van der Waals surface area contributed by atoms with Crippen LogP contribution in [0.3, 0.4) is 0 Å². The smallest absolute Gasteiger partial charge is 0.251 e. The minimum atomic E-state index is -0.614. The van der Waals surface area contributed by atoms with Crippen molar-refractivity contribution in [3.05, 3.63) is 59.2 Å². The molecule has 0 fully saturated rings. The molecule has 0 aliphatic heterocycles. The first-order valence-corrected chi connectivity index (χ1v) is 7.10. The summed E-state index contributed by atoms with van der Waals surface area (Å²) in [5.41, 5.74) is 8.70. The van der Waals surface area contributed by atoms with Gasteiger partial charge < -0.3 is 20.9 Å². The first kappa shape index (κ1) is 14.4. The fraction of sp³-hybridized carbons (Fsp3) is 0.235. The van der Waals surface area contributed by atoms with Crippen molar-refractivity contribution in [1.82, 2.24) is 5.32 Å². The van der Waals surface area contributed by atoms with Crippen LogP contribution in [0.2, 0.25) is 0 Å². The van der Waals surface area contributed by atoms with E-state index in [1.54, 1.807) is 18.2 Å². The number of rotatable bonds is 3. The standard InChI is InChI=1S/C17H18N2O3/c1-22-15-9-11(6-7-13(15)18)17(21)19-16-12-5-3-2-4-10(12)8-14(16)20/h2-7,9,14,16,20H,8,18H2,1H3,(H,19,21)/t14-,16+/m1/s1. The first-order chi connectivity index (χ1) is 10.6. The van der Waals surface area contributed by atoms with E-state index < -0.39 is 12.1 Å². The molecule has 5 heteroatoms. The van der Waals surface area contributed by atoms with Gasteiger partial charge in [0.2, 0.25) is 0 Å². The van der Waals surface area contributed by atoms with Gasteiger partial charge in [0.1, 0.15) is 5.75 Å². The third kappa shape index (κ3) is 2.51. The number of aliphatic hydroxyl groups is 1. The number of anilines is 1. The molecule has 0 unspecified atom stereocenters. The summed E-state index contributed by atoms with van der Waals surface area (Å²) in [6.45, 7) is 0. The van der Waals surface area contributed by atoms with Crippen molar-refractivity contribution in [2.75, 3.05) is 12.8 Å². The minimum absolute atomic E-state index is 0.265. The number of methoxy groups -OCH3 is 1. The zero-order chi connectivity index (χ0) is 15.7. The molecule has 22 heavy (non-hydrogen) atoms. The molecule has 0 saturated heterocycles. The molecule has 2 aromatic carbocycles. The van der Waals surface area contributed by atoms with Crippen LogP contribution in [0, 0.1) is 0 Å². The Hall–Kier alpha value is -2.53. The third-order valence-corrected chi connectivity index (χ3v) is 3.99. The number of carbonyl (C=O) groups excluding carboxylic acids is 1. The van der Waals surface area contributed by atoms with Crippen LogP contribution < -0.4 is 15.8 Å². The van der Waals surface area contributed by atoms with Gasteiger partial charge in [0.05, 0.1) is 24.9 Å². The molecule has 2 atom stereocenters. The number of nitrogens with one attached hydrogen (secondary N) is 1. The van der Waals surface area contributed by atoms with Gasteiger partial charge in [-0.05, 0) is 29.3 Å². The van der Waals surface area contributed by atoms with Crippen LogP contribution in [-0.2, 0) is 6.42 Å². The predicted octanol–water partition coefficient (Wildman–Crippen LogP) is 1.67. The van der Waals surface area contributed by atoms with Crippen LogP contribution in [0.15, 0.2) is 42.5 Å². The van der Waals surface area contributed by atoms with E-state index in [4.69, 9.17) is 10.5 Å². The van der Waals surface area contributed by atoms with Gasteiger partial charge in [-0.1, -0.05) is 24.3 Å². The Labute approximate surface area is 128 Å². The normalized spacial score (nSPS) is 19.5. The van der Waals surface area contributed by atoms with E-state index in [1.807, 2.05) is 24.3 Å². The van der Waals surface area contributed by atoms with Gasteiger partial charge in [0.15, 0.2) is 0 Å². The Morgan fingerprint density at radius 2 is 2.09 bits per heavy atom. The lowest BCUT2D eigenvalue weighted by Crippen LogP contribution is -2.33. The van der Waals surface area contributed by atoms with E-state index in [2.05, 4.69) is 5.32 Å². The summed E-state index contributed by atoms with van der Waals surface area (Å²) in [5, 5.41) is 13.1. The number of ether oxygens (including phenoxy) is 1. The molecule has 1 aliphatic carbocycles. The van der Waals surface area contributed by atoms with Crippen LogP contribution in [0.5, 0.6) is 5.75 Å². The van der Waals surface area contributed by atoms with Crippen LogP contribution in [0.1, 0.15) is 27.5 Å². The zero-order valence-electron chi connectivity index (χ0n) is 12.2. The van der Waals surface area contributed by atoms with E-state index >= 15 is 0 Å². The molecule has 0 bridgehead atoms. The SMILES string of the molecule is COc1cc(C(=O)N[C@H]2c3ccccc3C[C@H]2O)ccc1N. The second-order valence-electron chi connectivity index (χ2n) is 5.38. The number of hydrogen-bond acceptors (Lipinski definition) is 4. The van der Waals surface area contributed by atoms with Crippen molar-refractivity contribution in [2.45, 2.75) is 18.6 Å². The third-order valence-electron chi connectivity index (χ3n) is 3.99. The number of hydrogen-bond donors (Lipinski definition) is 3. The van der Waals surface area contributed by atoms with Crippen molar-refractivity contribution in [2.24, 2.45) is 0 Å². The average Bonchev–Trinajstić information content (AvgIpc) is 2.84. The van der Waals surface area contributed by atoms with E-state index in [9.17, 15) is 9.90 Å². The highest BCUT2D eigenvalue weighted by atomic mass is 16.5. The fourth-order valence-corrected chi connectivity index (χ4v) is 2.82. The van der Waals surface area contributed by atoms with Crippen molar-refractivity contribution in [3.8, 4) is 5.75 Å². The molecular formula is C17H18N2O3. The number of carbonyl (C=O) groups is 1. The molecule has 4 N–H and O–H groups in total. The maximum Gasteiger partial charge on any atom is 0.251 e. The van der Waals surface area contributed by atoms with E-state index in [1.165, 1.54) is 7.11 Å². The van der Waals surface area contributed by atoms with Gasteiger partial charge in [0, 0.05) is 12.0 Å². The number of fused-ring (bicyclic) bond motifs is 1. The molecule has 5 nitrogen and oxygen atoms in total. The summed E-state index contributed by atoms with van der Waals surface area (Å²) >= 11 is 0. The molecule has 2 aromatic rings. The lowest BCUT2D eigenvalue weighted by molar-refractivity contribution is 0.0858. The highest BCUT2D eigenvalue weighted by molar-refractivity contribution is 5.95. The molecule has 0 aromatic heterocycles. The average molecular weight is 298 g/mol. The Morgan fingerprint density at radius 3 is 2.86 bits per heavy atom. The molecule has 0 saturated carbocycles. The van der Waals surface area contributed by atoms with E-state index in [-0.39, 0.29) is 5.91 Å². The largest absolute Gasteiger partial charge is 0.495 e. The molecule has 3 rings (SSSR count). The predicted molar refractivity (Wildman–Crippen MR) is 83.8 cm³/mol.